The molecule has 0 saturated heterocycles. The second-order valence-corrected chi connectivity index (χ2v) is 4.62. The summed E-state index contributed by atoms with van der Waals surface area (Å²) in [6, 6.07) is 1.58. The van der Waals surface area contributed by atoms with Crippen LogP contribution in [0.5, 0.6) is 0 Å². The van der Waals surface area contributed by atoms with Crippen molar-refractivity contribution < 1.29 is 4.79 Å². The van der Waals surface area contributed by atoms with Crippen molar-refractivity contribution in [3.05, 3.63) is 10.6 Å². The molecule has 0 N–H and O–H groups in total. The summed E-state index contributed by atoms with van der Waals surface area (Å²) in [7, 11) is 1.61. The molecule has 1 rings (SSSR count). The van der Waals surface area contributed by atoms with Crippen LogP contribution < -0.4 is 0 Å². The molecule has 0 bridgehead atoms. The highest BCUT2D eigenvalue weighted by Crippen LogP contribution is 2.21. The summed E-state index contributed by atoms with van der Waals surface area (Å²) in [5.41, 5.74) is 0.701. The minimum absolute atomic E-state index is 0.156. The molecule has 1 aromatic rings. The van der Waals surface area contributed by atoms with Crippen LogP contribution in [0.25, 0.3) is 0 Å². The zero-order chi connectivity index (χ0) is 12.3. The Morgan fingerprint density at radius 1 is 1.50 bits per heavy atom. The Bertz CT molecular complexity index is 421. The van der Waals surface area contributed by atoms with Crippen LogP contribution in [0.3, 0.4) is 0 Å². The van der Waals surface area contributed by atoms with E-state index in [0.29, 0.717) is 10.6 Å². The van der Waals surface area contributed by atoms with Gasteiger partial charge in [0.15, 0.2) is 0 Å². The van der Waals surface area contributed by atoms with E-state index >= 15 is 0 Å². The van der Waals surface area contributed by atoms with Crippen LogP contribution in [-0.4, -0.2) is 33.5 Å². The van der Waals surface area contributed by atoms with E-state index in [1.54, 1.807) is 14.0 Å². The van der Waals surface area contributed by atoms with Crippen LogP contribution in [0.15, 0.2) is 0 Å². The second-order valence-electron chi connectivity index (χ2n) is 3.86. The summed E-state index contributed by atoms with van der Waals surface area (Å²) in [6.45, 7) is 5.60. The van der Waals surface area contributed by atoms with Gasteiger partial charge in [-0.3, -0.25) is 4.79 Å². The molecule has 0 aliphatic rings. The monoisotopic (exact) mass is 238 g/mol. The number of hydrogen-bond acceptors (Lipinski definition) is 5. The molecule has 16 heavy (non-hydrogen) atoms. The molecular weight excluding hydrogens is 224 g/mol. The van der Waals surface area contributed by atoms with Crippen LogP contribution in [0, 0.1) is 11.3 Å². The number of carbonyl (C=O) groups is 1. The van der Waals surface area contributed by atoms with Gasteiger partial charge in [0.1, 0.15) is 10.9 Å². The Morgan fingerprint density at radius 3 is 2.62 bits per heavy atom. The highest BCUT2D eigenvalue weighted by atomic mass is 32.1. The molecule has 6 heteroatoms. The minimum Gasteiger partial charge on any atom is -0.325 e. The molecule has 0 aliphatic heterocycles. The molecule has 0 radical (unpaired) electrons. The van der Waals surface area contributed by atoms with Crippen molar-refractivity contribution in [3.63, 3.8) is 0 Å². The van der Waals surface area contributed by atoms with Crippen molar-refractivity contribution in [1.82, 2.24) is 14.5 Å². The zero-order valence-corrected chi connectivity index (χ0v) is 10.6. The van der Waals surface area contributed by atoms with Crippen LogP contribution >= 0.6 is 11.5 Å². The fourth-order valence-corrected chi connectivity index (χ4v) is 1.95. The quantitative estimate of drug-likeness (QED) is 0.802. The van der Waals surface area contributed by atoms with Crippen molar-refractivity contribution >= 4 is 17.4 Å². The molecule has 5 nitrogen and oxygen atoms in total. The molecule has 1 atom stereocenters. The van der Waals surface area contributed by atoms with Gasteiger partial charge in [0.25, 0.3) is 5.91 Å². The Hall–Kier alpha value is -1.48. The summed E-state index contributed by atoms with van der Waals surface area (Å²) < 4.78 is 3.79. The summed E-state index contributed by atoms with van der Waals surface area (Å²) in [4.78, 5) is 14.0. The summed E-state index contributed by atoms with van der Waals surface area (Å²) in [6.07, 6.45) is 0. The van der Waals surface area contributed by atoms with E-state index in [-0.39, 0.29) is 11.8 Å². The van der Waals surface area contributed by atoms with Gasteiger partial charge in [-0.15, -0.1) is 5.10 Å². The maximum atomic E-state index is 12.0. The topological polar surface area (TPSA) is 69.9 Å². The van der Waals surface area contributed by atoms with E-state index in [9.17, 15) is 4.79 Å². The molecule has 0 spiro atoms. The predicted octanol–water partition coefficient (Wildman–Crippen LogP) is 1.65. The lowest BCUT2D eigenvalue weighted by Crippen LogP contribution is -2.34. The van der Waals surface area contributed by atoms with E-state index in [1.165, 1.54) is 4.90 Å². The average molecular weight is 238 g/mol. The largest absolute Gasteiger partial charge is 0.325 e. The molecule has 1 aromatic heterocycles. The van der Waals surface area contributed by atoms with Gasteiger partial charge in [-0.2, -0.15) is 5.26 Å². The lowest BCUT2D eigenvalue weighted by molar-refractivity contribution is 0.0776. The first-order chi connectivity index (χ1) is 7.49. The number of carbonyl (C=O) groups excluding carboxylic acids is 1. The third-order valence-electron chi connectivity index (χ3n) is 2.34. The highest BCUT2D eigenvalue weighted by molar-refractivity contribution is 7.08. The van der Waals surface area contributed by atoms with Gasteiger partial charge in [0.05, 0.1) is 11.8 Å². The van der Waals surface area contributed by atoms with Gasteiger partial charge in [-0.25, -0.2) is 0 Å². The lowest BCUT2D eigenvalue weighted by atomic mass is 10.1. The van der Waals surface area contributed by atoms with Gasteiger partial charge in [-0.1, -0.05) is 18.3 Å². The maximum Gasteiger partial charge on any atom is 0.268 e. The van der Waals surface area contributed by atoms with Crippen LogP contribution in [-0.2, 0) is 0 Å². The SMILES string of the molecule is CC(C)c1nnsc1C(=O)N(C)C(C)C#N. The van der Waals surface area contributed by atoms with Gasteiger partial charge in [0.2, 0.25) is 0 Å². The molecular formula is C10H14N4OS. The standard InChI is InChI=1S/C10H14N4OS/c1-6(2)8-9(16-13-12-8)10(15)14(4)7(3)5-11/h6-7H,1-4H3. The fourth-order valence-electron chi connectivity index (χ4n) is 1.15. The molecule has 1 unspecified atom stereocenters. The first-order valence-electron chi connectivity index (χ1n) is 4.98. The predicted molar refractivity (Wildman–Crippen MR) is 61.2 cm³/mol. The number of aromatic nitrogens is 2. The van der Waals surface area contributed by atoms with Gasteiger partial charge in [0, 0.05) is 7.05 Å². The van der Waals surface area contributed by atoms with Crippen LogP contribution in [0.1, 0.15) is 42.1 Å². The summed E-state index contributed by atoms with van der Waals surface area (Å²) >= 11 is 1.08. The Kier molecular flexibility index (Phi) is 3.96. The lowest BCUT2D eigenvalue weighted by Gasteiger charge is -2.18. The fraction of sp³-hybridized carbons (Fsp3) is 0.600. The second kappa shape index (κ2) is 5.03. The van der Waals surface area contributed by atoms with Crippen molar-refractivity contribution in [2.24, 2.45) is 0 Å². The van der Waals surface area contributed by atoms with Gasteiger partial charge in [-0.05, 0) is 24.4 Å². The van der Waals surface area contributed by atoms with E-state index < -0.39 is 6.04 Å². The number of hydrogen-bond donors (Lipinski definition) is 0. The number of nitriles is 1. The number of nitrogens with zero attached hydrogens (tertiary/aromatic N) is 4. The van der Waals surface area contributed by atoms with Crippen molar-refractivity contribution in [1.29, 1.82) is 5.26 Å². The van der Waals surface area contributed by atoms with E-state index in [4.69, 9.17) is 5.26 Å². The summed E-state index contributed by atoms with van der Waals surface area (Å²) in [5, 5.41) is 12.7. The number of rotatable bonds is 3. The van der Waals surface area contributed by atoms with E-state index in [1.807, 2.05) is 19.9 Å². The van der Waals surface area contributed by atoms with Gasteiger partial charge < -0.3 is 4.90 Å². The smallest absolute Gasteiger partial charge is 0.268 e. The first-order valence-corrected chi connectivity index (χ1v) is 5.75. The third-order valence-corrected chi connectivity index (χ3v) is 3.07. The maximum absolute atomic E-state index is 12.0. The molecule has 1 heterocycles. The number of amides is 1. The van der Waals surface area contributed by atoms with E-state index in [0.717, 1.165) is 11.5 Å². The first kappa shape index (κ1) is 12.6. The van der Waals surface area contributed by atoms with Crippen LogP contribution in [0.4, 0.5) is 0 Å². The molecule has 86 valence electrons. The van der Waals surface area contributed by atoms with Crippen molar-refractivity contribution in [2.45, 2.75) is 32.7 Å². The third kappa shape index (κ3) is 2.36. The Morgan fingerprint density at radius 2 is 2.12 bits per heavy atom. The molecule has 1 amide bonds. The minimum atomic E-state index is -0.449. The van der Waals surface area contributed by atoms with Crippen molar-refractivity contribution in [3.8, 4) is 6.07 Å². The highest BCUT2D eigenvalue weighted by Gasteiger charge is 2.24. The molecule has 0 aliphatic carbocycles. The summed E-state index contributed by atoms with van der Waals surface area (Å²) in [5.74, 6) is -0.0313. The zero-order valence-electron chi connectivity index (χ0n) is 9.76. The Labute approximate surface area is 98.9 Å². The molecule has 0 fully saturated rings. The average Bonchev–Trinajstić information content (AvgIpc) is 2.74. The molecule has 0 saturated carbocycles. The van der Waals surface area contributed by atoms with Crippen molar-refractivity contribution in [2.75, 3.05) is 7.05 Å². The normalized spacial score (nSPS) is 12.2. The van der Waals surface area contributed by atoms with Crippen LogP contribution in [0.2, 0.25) is 0 Å². The van der Waals surface area contributed by atoms with Gasteiger partial charge >= 0.3 is 0 Å². The Balaban J connectivity index is 2.97. The van der Waals surface area contributed by atoms with E-state index in [2.05, 4.69) is 9.59 Å². The molecule has 0 aromatic carbocycles.